The van der Waals surface area contributed by atoms with E-state index >= 15 is 0 Å². The predicted molar refractivity (Wildman–Crippen MR) is 69.6 cm³/mol. The van der Waals surface area contributed by atoms with E-state index in [0.717, 1.165) is 38.2 Å². The number of hydrogen-bond donors (Lipinski definition) is 1. The van der Waals surface area contributed by atoms with E-state index in [1.54, 1.807) is 6.07 Å². The number of hydrogen-bond acceptors (Lipinski definition) is 3. The number of benzene rings is 1. The summed E-state index contributed by atoms with van der Waals surface area (Å²) in [7, 11) is 0. The minimum absolute atomic E-state index is 0.270. The fourth-order valence-electron chi connectivity index (χ4n) is 2.16. The lowest BCUT2D eigenvalue weighted by atomic mass is 10.1. The van der Waals surface area contributed by atoms with Crippen molar-refractivity contribution in [2.75, 3.05) is 25.1 Å². The zero-order valence-corrected chi connectivity index (χ0v) is 10.7. The first kappa shape index (κ1) is 13.1. The summed E-state index contributed by atoms with van der Waals surface area (Å²) in [4.78, 5) is 0. The third-order valence-electron chi connectivity index (χ3n) is 3.06. The molecule has 0 aromatic heterocycles. The van der Waals surface area contributed by atoms with Crippen molar-refractivity contribution in [3.8, 4) is 5.75 Å². The summed E-state index contributed by atoms with van der Waals surface area (Å²) in [6.07, 6.45) is 3.11. The molecule has 1 heterocycles. The van der Waals surface area contributed by atoms with Gasteiger partial charge >= 0.3 is 0 Å². The molecule has 18 heavy (non-hydrogen) atoms. The van der Waals surface area contributed by atoms with Gasteiger partial charge in [-0.25, -0.2) is 4.39 Å². The second-order valence-electron chi connectivity index (χ2n) is 4.46. The Morgan fingerprint density at radius 1 is 1.39 bits per heavy atom. The van der Waals surface area contributed by atoms with Crippen molar-refractivity contribution in [2.24, 2.45) is 0 Å². The number of ether oxygens (including phenoxy) is 2. The molecule has 1 aliphatic rings. The summed E-state index contributed by atoms with van der Waals surface area (Å²) in [6, 6.07) is 5.00. The van der Waals surface area contributed by atoms with Crippen molar-refractivity contribution < 1.29 is 13.9 Å². The van der Waals surface area contributed by atoms with Gasteiger partial charge in [0, 0.05) is 25.3 Å². The molecule has 1 unspecified atom stereocenters. The molecule has 0 spiro atoms. The molecule has 0 radical (unpaired) electrons. The average molecular weight is 253 g/mol. The summed E-state index contributed by atoms with van der Waals surface area (Å²) < 4.78 is 24.1. The lowest BCUT2D eigenvalue weighted by molar-refractivity contribution is 0.144. The third-order valence-corrected chi connectivity index (χ3v) is 3.06. The molecule has 0 aliphatic carbocycles. The maximum atomic E-state index is 13.2. The monoisotopic (exact) mass is 253 g/mol. The van der Waals surface area contributed by atoms with Gasteiger partial charge in [-0.1, -0.05) is 0 Å². The minimum Gasteiger partial charge on any atom is -0.492 e. The Labute approximate surface area is 107 Å². The maximum Gasteiger partial charge on any atom is 0.145 e. The van der Waals surface area contributed by atoms with Gasteiger partial charge in [0.05, 0.1) is 12.3 Å². The summed E-state index contributed by atoms with van der Waals surface area (Å²) in [6.45, 7) is 4.04. The van der Waals surface area contributed by atoms with Gasteiger partial charge in [-0.3, -0.25) is 0 Å². The van der Waals surface area contributed by atoms with Gasteiger partial charge in [-0.15, -0.1) is 0 Å². The first-order valence-electron chi connectivity index (χ1n) is 6.56. The maximum absolute atomic E-state index is 13.2. The molecule has 1 aromatic rings. The molecule has 0 saturated carbocycles. The third kappa shape index (κ3) is 3.60. The predicted octanol–water partition coefficient (Wildman–Crippen LogP) is 3.21. The molecule has 0 bridgehead atoms. The highest BCUT2D eigenvalue weighted by Gasteiger charge is 2.14. The summed E-state index contributed by atoms with van der Waals surface area (Å²) in [5.41, 5.74) is 0.866. The van der Waals surface area contributed by atoms with Gasteiger partial charge in [0.25, 0.3) is 0 Å². The molecule has 0 amide bonds. The van der Waals surface area contributed by atoms with Crippen LogP contribution < -0.4 is 10.1 Å². The second kappa shape index (κ2) is 6.59. The van der Waals surface area contributed by atoms with Gasteiger partial charge in [0.1, 0.15) is 11.6 Å². The largest absolute Gasteiger partial charge is 0.492 e. The van der Waals surface area contributed by atoms with E-state index in [4.69, 9.17) is 9.47 Å². The van der Waals surface area contributed by atoms with Crippen LogP contribution in [-0.2, 0) is 4.74 Å². The Balaban J connectivity index is 2.06. The van der Waals surface area contributed by atoms with E-state index in [2.05, 4.69) is 5.32 Å². The standard InChI is InChI=1S/C14H20FNO2/c1-2-18-14-10-11(15)5-6-13(14)16-12-4-3-8-17-9-7-12/h5-6,10,12,16H,2-4,7-9H2,1H3. The second-order valence-corrected chi connectivity index (χ2v) is 4.46. The SMILES string of the molecule is CCOc1cc(F)ccc1NC1CCCOCC1. The van der Waals surface area contributed by atoms with Crippen molar-refractivity contribution >= 4 is 5.69 Å². The lowest BCUT2D eigenvalue weighted by Crippen LogP contribution is -2.20. The van der Waals surface area contributed by atoms with Crippen molar-refractivity contribution in [2.45, 2.75) is 32.2 Å². The zero-order chi connectivity index (χ0) is 12.8. The molecule has 100 valence electrons. The number of nitrogens with one attached hydrogen (secondary N) is 1. The average Bonchev–Trinajstić information content (AvgIpc) is 2.61. The number of anilines is 1. The summed E-state index contributed by atoms with van der Waals surface area (Å²) >= 11 is 0. The fraction of sp³-hybridized carbons (Fsp3) is 0.571. The molecule has 1 N–H and O–H groups in total. The summed E-state index contributed by atoms with van der Waals surface area (Å²) in [5.74, 6) is 0.316. The van der Waals surface area contributed by atoms with Gasteiger partial charge in [-0.05, 0) is 38.3 Å². The smallest absolute Gasteiger partial charge is 0.145 e. The van der Waals surface area contributed by atoms with Crippen LogP contribution in [-0.4, -0.2) is 25.9 Å². The van der Waals surface area contributed by atoms with Crippen LogP contribution in [0.5, 0.6) is 5.75 Å². The normalized spacial score (nSPS) is 20.2. The van der Waals surface area contributed by atoms with Crippen LogP contribution in [0.25, 0.3) is 0 Å². The van der Waals surface area contributed by atoms with Crippen LogP contribution >= 0.6 is 0 Å². The molecule has 1 fully saturated rings. The van der Waals surface area contributed by atoms with E-state index in [1.165, 1.54) is 12.1 Å². The van der Waals surface area contributed by atoms with Gasteiger partial charge in [-0.2, -0.15) is 0 Å². The van der Waals surface area contributed by atoms with E-state index < -0.39 is 0 Å². The molecule has 2 rings (SSSR count). The topological polar surface area (TPSA) is 30.5 Å². The molecule has 1 aromatic carbocycles. The molecule has 1 saturated heterocycles. The van der Waals surface area contributed by atoms with Crippen LogP contribution in [0, 0.1) is 5.82 Å². The minimum atomic E-state index is -0.270. The molecule has 4 heteroatoms. The van der Waals surface area contributed by atoms with E-state index in [-0.39, 0.29) is 5.82 Å². The Kier molecular flexibility index (Phi) is 4.81. The van der Waals surface area contributed by atoms with Gasteiger partial charge < -0.3 is 14.8 Å². The summed E-state index contributed by atoms with van der Waals surface area (Å²) in [5, 5.41) is 3.43. The number of rotatable bonds is 4. The van der Waals surface area contributed by atoms with Crippen LogP contribution in [0.15, 0.2) is 18.2 Å². The van der Waals surface area contributed by atoms with E-state index in [1.807, 2.05) is 6.92 Å². The van der Waals surface area contributed by atoms with Gasteiger partial charge in [0.2, 0.25) is 0 Å². The zero-order valence-electron chi connectivity index (χ0n) is 10.7. The highest BCUT2D eigenvalue weighted by molar-refractivity contribution is 5.57. The first-order chi connectivity index (χ1) is 8.79. The van der Waals surface area contributed by atoms with Crippen molar-refractivity contribution in [3.05, 3.63) is 24.0 Å². The van der Waals surface area contributed by atoms with Crippen molar-refractivity contribution in [3.63, 3.8) is 0 Å². The van der Waals surface area contributed by atoms with Gasteiger partial charge in [0.15, 0.2) is 0 Å². The Hall–Kier alpha value is -1.29. The molecule has 1 atom stereocenters. The van der Waals surface area contributed by atoms with Crippen LogP contribution in [0.1, 0.15) is 26.2 Å². The lowest BCUT2D eigenvalue weighted by Gasteiger charge is -2.19. The molecular formula is C14H20FNO2. The van der Waals surface area contributed by atoms with E-state index in [0.29, 0.717) is 18.4 Å². The number of halogens is 1. The highest BCUT2D eigenvalue weighted by atomic mass is 19.1. The fourth-order valence-corrected chi connectivity index (χ4v) is 2.16. The first-order valence-corrected chi connectivity index (χ1v) is 6.56. The van der Waals surface area contributed by atoms with Crippen LogP contribution in [0.3, 0.4) is 0 Å². The molecule has 1 aliphatic heterocycles. The Morgan fingerprint density at radius 3 is 3.11 bits per heavy atom. The van der Waals surface area contributed by atoms with Crippen molar-refractivity contribution in [1.29, 1.82) is 0 Å². The van der Waals surface area contributed by atoms with Crippen LogP contribution in [0.4, 0.5) is 10.1 Å². The van der Waals surface area contributed by atoms with Crippen molar-refractivity contribution in [1.82, 2.24) is 0 Å². The van der Waals surface area contributed by atoms with Crippen LogP contribution in [0.2, 0.25) is 0 Å². The Bertz CT molecular complexity index is 376. The molecule has 3 nitrogen and oxygen atoms in total. The highest BCUT2D eigenvalue weighted by Crippen LogP contribution is 2.27. The quantitative estimate of drug-likeness (QED) is 0.893. The van der Waals surface area contributed by atoms with E-state index in [9.17, 15) is 4.39 Å². The Morgan fingerprint density at radius 2 is 2.28 bits per heavy atom. The molecular weight excluding hydrogens is 233 g/mol.